The minimum Gasteiger partial charge on any atom is -0.493 e. The molecule has 0 radical (unpaired) electrons. The summed E-state index contributed by atoms with van der Waals surface area (Å²) in [4.78, 5) is 11.3. The summed E-state index contributed by atoms with van der Waals surface area (Å²) < 4.78 is 10.7. The zero-order chi connectivity index (χ0) is 19.6. The summed E-state index contributed by atoms with van der Waals surface area (Å²) in [6.07, 6.45) is 2.69. The number of aryl methyl sites for hydroxylation is 1. The maximum atomic E-state index is 5.39. The Balaban J connectivity index is 0.00000392. The fraction of sp³-hybridized carbons (Fsp3) is 0.429. The number of guanidine groups is 1. The van der Waals surface area contributed by atoms with Gasteiger partial charge in [-0.05, 0) is 49.6 Å². The van der Waals surface area contributed by atoms with Crippen LogP contribution in [0.3, 0.4) is 0 Å². The van der Waals surface area contributed by atoms with Gasteiger partial charge in [0.25, 0.3) is 0 Å². The van der Waals surface area contributed by atoms with Crippen molar-refractivity contribution in [2.75, 3.05) is 34.4 Å². The average molecular weight is 498 g/mol. The number of hydrogen-bond donors (Lipinski definition) is 1. The van der Waals surface area contributed by atoms with Crippen molar-refractivity contribution in [2.24, 2.45) is 4.99 Å². The molecule has 0 fully saturated rings. The van der Waals surface area contributed by atoms with Gasteiger partial charge in [0.05, 0.1) is 26.5 Å². The van der Waals surface area contributed by atoms with Crippen molar-refractivity contribution in [3.63, 3.8) is 0 Å². The molecule has 6 nitrogen and oxygen atoms in total. The number of halogens is 1. The van der Waals surface area contributed by atoms with Crippen LogP contribution in [0.25, 0.3) is 0 Å². The van der Waals surface area contributed by atoms with Crippen LogP contribution >= 0.6 is 24.0 Å². The minimum atomic E-state index is 0. The van der Waals surface area contributed by atoms with E-state index in [1.54, 1.807) is 14.2 Å². The summed E-state index contributed by atoms with van der Waals surface area (Å²) in [6.45, 7) is 6.36. The van der Waals surface area contributed by atoms with Crippen LogP contribution in [-0.4, -0.2) is 50.2 Å². The van der Waals surface area contributed by atoms with Crippen molar-refractivity contribution in [3.8, 4) is 11.5 Å². The Morgan fingerprint density at radius 1 is 1.18 bits per heavy atom. The first-order valence-corrected chi connectivity index (χ1v) is 9.19. The summed E-state index contributed by atoms with van der Waals surface area (Å²) >= 11 is 0. The molecule has 0 spiro atoms. The number of pyridine rings is 1. The Bertz CT molecular complexity index is 768. The molecule has 0 saturated heterocycles. The number of nitrogens with zero attached hydrogens (tertiary/aromatic N) is 3. The van der Waals surface area contributed by atoms with Crippen LogP contribution in [0.4, 0.5) is 0 Å². The summed E-state index contributed by atoms with van der Waals surface area (Å²) in [7, 11) is 5.35. The molecule has 1 N–H and O–H groups in total. The van der Waals surface area contributed by atoms with Gasteiger partial charge < -0.3 is 19.7 Å². The second kappa shape index (κ2) is 12.4. The monoisotopic (exact) mass is 498 g/mol. The summed E-state index contributed by atoms with van der Waals surface area (Å²) in [5, 5.41) is 3.35. The van der Waals surface area contributed by atoms with Gasteiger partial charge in [-0.2, -0.15) is 0 Å². The Labute approximate surface area is 185 Å². The number of rotatable bonds is 8. The van der Waals surface area contributed by atoms with E-state index < -0.39 is 0 Å². The SMILES string of the molecule is CCNC(=NCc1ncccc1C)N(C)CCc1ccc(OC)c(OC)c1.I. The Kier molecular flexibility index (Phi) is 10.7. The molecule has 0 atom stereocenters. The molecule has 7 heteroatoms. The highest BCUT2D eigenvalue weighted by atomic mass is 127. The van der Waals surface area contributed by atoms with E-state index in [1.807, 2.05) is 31.4 Å². The second-order valence-corrected chi connectivity index (χ2v) is 6.30. The van der Waals surface area contributed by atoms with Gasteiger partial charge >= 0.3 is 0 Å². The standard InChI is InChI=1S/C21H30N4O2.HI/c1-6-22-21(24-15-18-16(2)8-7-12-23-18)25(3)13-11-17-9-10-19(26-4)20(14-17)27-5;/h7-10,12,14H,6,11,13,15H2,1-5H3,(H,22,24);1H. The van der Waals surface area contributed by atoms with Crippen LogP contribution in [0, 0.1) is 6.92 Å². The van der Waals surface area contributed by atoms with Crippen molar-refractivity contribution < 1.29 is 9.47 Å². The highest BCUT2D eigenvalue weighted by Crippen LogP contribution is 2.27. The molecule has 1 heterocycles. The normalized spacial score (nSPS) is 10.8. The third-order valence-electron chi connectivity index (χ3n) is 4.38. The third kappa shape index (κ3) is 6.85. The van der Waals surface area contributed by atoms with Crippen molar-refractivity contribution >= 4 is 29.9 Å². The number of ether oxygens (including phenoxy) is 2. The fourth-order valence-corrected chi connectivity index (χ4v) is 2.74. The number of aromatic nitrogens is 1. The molecule has 2 aromatic rings. The first kappa shape index (κ1) is 24.0. The maximum absolute atomic E-state index is 5.39. The van der Waals surface area contributed by atoms with E-state index in [2.05, 4.69) is 41.2 Å². The van der Waals surface area contributed by atoms with Gasteiger partial charge in [-0.1, -0.05) is 12.1 Å². The maximum Gasteiger partial charge on any atom is 0.194 e. The van der Waals surface area contributed by atoms with Crippen LogP contribution < -0.4 is 14.8 Å². The molecule has 0 aliphatic carbocycles. The minimum absolute atomic E-state index is 0. The van der Waals surface area contributed by atoms with Gasteiger partial charge in [-0.15, -0.1) is 24.0 Å². The molecule has 1 aromatic carbocycles. The zero-order valence-electron chi connectivity index (χ0n) is 17.4. The molecule has 0 amide bonds. The lowest BCUT2D eigenvalue weighted by Gasteiger charge is -2.22. The van der Waals surface area contributed by atoms with E-state index in [9.17, 15) is 0 Å². The predicted molar refractivity (Wildman–Crippen MR) is 125 cm³/mol. The van der Waals surface area contributed by atoms with Gasteiger partial charge in [0.1, 0.15) is 0 Å². The van der Waals surface area contributed by atoms with Gasteiger partial charge in [-0.25, -0.2) is 4.99 Å². The molecule has 2 rings (SSSR count). The summed E-state index contributed by atoms with van der Waals surface area (Å²) in [6, 6.07) is 10.0. The number of likely N-dealkylation sites (N-methyl/N-ethyl adjacent to an activating group) is 1. The van der Waals surface area contributed by atoms with Crippen molar-refractivity contribution in [2.45, 2.75) is 26.8 Å². The van der Waals surface area contributed by atoms with E-state index in [0.717, 1.165) is 48.2 Å². The second-order valence-electron chi connectivity index (χ2n) is 6.30. The number of aliphatic imine (C=N–C) groups is 1. The van der Waals surface area contributed by atoms with Crippen molar-refractivity contribution in [3.05, 3.63) is 53.3 Å². The Morgan fingerprint density at radius 3 is 2.57 bits per heavy atom. The third-order valence-corrected chi connectivity index (χ3v) is 4.38. The molecule has 0 saturated carbocycles. The molecular formula is C21H31IN4O2. The molecule has 0 unspecified atom stereocenters. The van der Waals surface area contributed by atoms with Crippen molar-refractivity contribution in [1.82, 2.24) is 15.2 Å². The lowest BCUT2D eigenvalue weighted by atomic mass is 10.1. The Hall–Kier alpha value is -2.03. The number of hydrogen-bond acceptors (Lipinski definition) is 4. The van der Waals surface area contributed by atoms with Gasteiger partial charge in [0.2, 0.25) is 0 Å². The topological polar surface area (TPSA) is 59.0 Å². The van der Waals surface area contributed by atoms with Gasteiger partial charge in [0.15, 0.2) is 17.5 Å². The van der Waals surface area contributed by atoms with Crippen LogP contribution in [-0.2, 0) is 13.0 Å². The largest absolute Gasteiger partial charge is 0.493 e. The highest BCUT2D eigenvalue weighted by Gasteiger charge is 2.09. The van der Waals surface area contributed by atoms with E-state index in [0.29, 0.717) is 6.54 Å². The molecule has 0 bridgehead atoms. The lowest BCUT2D eigenvalue weighted by molar-refractivity contribution is 0.354. The summed E-state index contributed by atoms with van der Waals surface area (Å²) in [5.41, 5.74) is 3.35. The summed E-state index contributed by atoms with van der Waals surface area (Å²) in [5.74, 6) is 2.38. The van der Waals surface area contributed by atoms with E-state index in [4.69, 9.17) is 14.5 Å². The molecule has 1 aromatic heterocycles. The fourth-order valence-electron chi connectivity index (χ4n) is 2.74. The molecular weight excluding hydrogens is 467 g/mol. The number of methoxy groups -OCH3 is 2. The van der Waals surface area contributed by atoms with Crippen LogP contribution in [0.2, 0.25) is 0 Å². The van der Waals surface area contributed by atoms with Crippen LogP contribution in [0.5, 0.6) is 11.5 Å². The number of benzene rings is 1. The quantitative estimate of drug-likeness (QED) is 0.342. The molecule has 0 aliphatic heterocycles. The van der Waals surface area contributed by atoms with E-state index in [1.165, 1.54) is 5.56 Å². The highest BCUT2D eigenvalue weighted by molar-refractivity contribution is 14.0. The predicted octanol–water partition coefficient (Wildman–Crippen LogP) is 3.67. The van der Waals surface area contributed by atoms with E-state index >= 15 is 0 Å². The Morgan fingerprint density at radius 2 is 1.93 bits per heavy atom. The van der Waals surface area contributed by atoms with Crippen molar-refractivity contribution in [1.29, 1.82) is 0 Å². The van der Waals surface area contributed by atoms with Crippen LogP contribution in [0.1, 0.15) is 23.7 Å². The number of nitrogens with one attached hydrogen (secondary N) is 1. The average Bonchev–Trinajstić information content (AvgIpc) is 2.70. The first-order valence-electron chi connectivity index (χ1n) is 9.19. The zero-order valence-corrected chi connectivity index (χ0v) is 19.7. The van der Waals surface area contributed by atoms with Crippen LogP contribution in [0.15, 0.2) is 41.5 Å². The first-order chi connectivity index (χ1) is 13.1. The van der Waals surface area contributed by atoms with E-state index in [-0.39, 0.29) is 24.0 Å². The molecule has 154 valence electrons. The van der Waals surface area contributed by atoms with Gasteiger partial charge in [-0.3, -0.25) is 4.98 Å². The lowest BCUT2D eigenvalue weighted by Crippen LogP contribution is -2.40. The van der Waals surface area contributed by atoms with Gasteiger partial charge in [0, 0.05) is 26.3 Å². The molecule has 0 aliphatic rings. The smallest absolute Gasteiger partial charge is 0.194 e. The molecule has 28 heavy (non-hydrogen) atoms.